The molecule has 1 aliphatic heterocycles. The zero-order valence-electron chi connectivity index (χ0n) is 10.9. The van der Waals surface area contributed by atoms with Gasteiger partial charge >= 0.3 is 0 Å². The third kappa shape index (κ3) is 2.31. The summed E-state index contributed by atoms with van der Waals surface area (Å²) in [4.78, 5) is 0.335. The highest BCUT2D eigenvalue weighted by atomic mass is 32.2. The van der Waals surface area contributed by atoms with E-state index in [0.717, 1.165) is 15.8 Å². The molecule has 1 saturated heterocycles. The van der Waals surface area contributed by atoms with E-state index in [9.17, 15) is 13.6 Å². The SMILES string of the molecule is O=S(=O)(c1cccc2ccccc12)N1CCN(O)CC1. The lowest BCUT2D eigenvalue weighted by molar-refractivity contribution is -0.108. The van der Waals surface area contributed by atoms with E-state index in [1.807, 2.05) is 30.3 Å². The Balaban J connectivity index is 2.05. The van der Waals surface area contributed by atoms with Gasteiger partial charge in [-0.3, -0.25) is 0 Å². The highest BCUT2D eigenvalue weighted by Crippen LogP contribution is 2.26. The normalized spacial score (nSPS) is 18.4. The van der Waals surface area contributed by atoms with Gasteiger partial charge in [-0.25, -0.2) is 8.42 Å². The molecule has 1 heterocycles. The Morgan fingerprint density at radius 1 is 0.900 bits per heavy atom. The van der Waals surface area contributed by atoms with E-state index in [1.54, 1.807) is 12.1 Å². The second-order valence-corrected chi connectivity index (χ2v) is 6.74. The predicted octanol–water partition coefficient (Wildman–Crippen LogP) is 1.54. The lowest BCUT2D eigenvalue weighted by Crippen LogP contribution is -2.47. The quantitative estimate of drug-likeness (QED) is 0.912. The second kappa shape index (κ2) is 5.14. The van der Waals surface area contributed by atoms with Crippen molar-refractivity contribution in [1.29, 1.82) is 0 Å². The monoisotopic (exact) mass is 292 g/mol. The third-order valence-corrected chi connectivity index (χ3v) is 5.54. The van der Waals surface area contributed by atoms with E-state index in [4.69, 9.17) is 0 Å². The summed E-state index contributed by atoms with van der Waals surface area (Å²) in [5, 5.41) is 12.1. The van der Waals surface area contributed by atoms with E-state index < -0.39 is 10.0 Å². The molecule has 0 spiro atoms. The predicted molar refractivity (Wildman–Crippen MR) is 76.1 cm³/mol. The smallest absolute Gasteiger partial charge is 0.243 e. The van der Waals surface area contributed by atoms with Crippen molar-refractivity contribution in [3.63, 3.8) is 0 Å². The summed E-state index contributed by atoms with van der Waals surface area (Å²) in [6.07, 6.45) is 0. The van der Waals surface area contributed by atoms with Crippen LogP contribution in [0.4, 0.5) is 0 Å². The molecule has 20 heavy (non-hydrogen) atoms. The van der Waals surface area contributed by atoms with Crippen LogP contribution >= 0.6 is 0 Å². The number of hydrogen-bond acceptors (Lipinski definition) is 4. The molecule has 2 aromatic rings. The molecule has 0 aliphatic carbocycles. The molecule has 0 radical (unpaired) electrons. The maximum atomic E-state index is 12.7. The zero-order valence-corrected chi connectivity index (χ0v) is 11.8. The molecule has 5 nitrogen and oxygen atoms in total. The summed E-state index contributed by atoms with van der Waals surface area (Å²) in [5.74, 6) is 0. The van der Waals surface area contributed by atoms with Gasteiger partial charge in [0.05, 0.1) is 4.90 Å². The largest absolute Gasteiger partial charge is 0.314 e. The average Bonchev–Trinajstić information content (AvgIpc) is 2.47. The number of hydrogen-bond donors (Lipinski definition) is 1. The van der Waals surface area contributed by atoms with Crippen LogP contribution in [0.25, 0.3) is 10.8 Å². The molecular weight excluding hydrogens is 276 g/mol. The molecule has 0 aromatic heterocycles. The molecule has 1 fully saturated rings. The first-order valence-corrected chi connectivity index (χ1v) is 7.95. The molecule has 0 bridgehead atoms. The number of benzene rings is 2. The van der Waals surface area contributed by atoms with Crippen molar-refractivity contribution >= 4 is 20.8 Å². The van der Waals surface area contributed by atoms with Crippen molar-refractivity contribution in [3.05, 3.63) is 42.5 Å². The Bertz CT molecular complexity index is 717. The molecular formula is C14H16N2O3S. The summed E-state index contributed by atoms with van der Waals surface area (Å²) in [7, 11) is -3.52. The Morgan fingerprint density at radius 2 is 1.55 bits per heavy atom. The molecule has 0 unspecified atom stereocenters. The van der Waals surface area contributed by atoms with Gasteiger partial charge in [0.25, 0.3) is 0 Å². The van der Waals surface area contributed by atoms with Crippen LogP contribution in [0.3, 0.4) is 0 Å². The lowest BCUT2D eigenvalue weighted by atomic mass is 10.1. The van der Waals surface area contributed by atoms with E-state index in [2.05, 4.69) is 0 Å². The summed E-state index contributed by atoms with van der Waals surface area (Å²) in [6.45, 7) is 1.29. The number of nitrogens with zero attached hydrogens (tertiary/aromatic N) is 2. The molecule has 0 amide bonds. The molecule has 6 heteroatoms. The minimum Gasteiger partial charge on any atom is -0.314 e. The standard InChI is InChI=1S/C14H16N2O3S/c17-15-8-10-16(11-9-15)20(18,19)14-7-3-5-12-4-1-2-6-13(12)14/h1-7,17H,8-11H2. The van der Waals surface area contributed by atoms with Crippen LogP contribution in [-0.4, -0.2) is 49.2 Å². The van der Waals surface area contributed by atoms with Crippen LogP contribution in [0.1, 0.15) is 0 Å². The van der Waals surface area contributed by atoms with E-state index in [1.165, 1.54) is 4.31 Å². The summed E-state index contributed by atoms with van der Waals surface area (Å²) >= 11 is 0. The number of sulfonamides is 1. The Morgan fingerprint density at radius 3 is 2.30 bits per heavy atom. The van der Waals surface area contributed by atoms with E-state index >= 15 is 0 Å². The Labute approximate surface area is 118 Å². The maximum absolute atomic E-state index is 12.7. The van der Waals surface area contributed by atoms with Crippen LogP contribution in [-0.2, 0) is 10.0 Å². The van der Waals surface area contributed by atoms with Gasteiger partial charge in [0, 0.05) is 31.6 Å². The van der Waals surface area contributed by atoms with Gasteiger partial charge in [-0.05, 0) is 11.5 Å². The second-order valence-electron chi connectivity index (χ2n) is 4.84. The van der Waals surface area contributed by atoms with Crippen LogP contribution in [0.5, 0.6) is 0 Å². The fourth-order valence-corrected chi connectivity index (χ4v) is 4.11. The third-order valence-electron chi connectivity index (χ3n) is 3.58. The fraction of sp³-hybridized carbons (Fsp3) is 0.286. The minimum absolute atomic E-state index is 0.308. The Kier molecular flexibility index (Phi) is 3.47. The van der Waals surface area contributed by atoms with Crippen molar-refractivity contribution in [2.75, 3.05) is 26.2 Å². The van der Waals surface area contributed by atoms with Crippen molar-refractivity contribution in [1.82, 2.24) is 9.37 Å². The number of rotatable bonds is 2. The van der Waals surface area contributed by atoms with E-state index in [-0.39, 0.29) is 0 Å². The molecule has 0 saturated carbocycles. The average molecular weight is 292 g/mol. The number of fused-ring (bicyclic) bond motifs is 1. The van der Waals surface area contributed by atoms with Crippen LogP contribution in [0.15, 0.2) is 47.4 Å². The Hall–Kier alpha value is -1.47. The summed E-state index contributed by atoms with van der Waals surface area (Å²) in [5.41, 5.74) is 0. The fourth-order valence-electron chi connectivity index (χ4n) is 2.48. The highest BCUT2D eigenvalue weighted by Gasteiger charge is 2.29. The van der Waals surface area contributed by atoms with Gasteiger partial charge in [0.1, 0.15) is 0 Å². The van der Waals surface area contributed by atoms with Crippen LogP contribution in [0.2, 0.25) is 0 Å². The van der Waals surface area contributed by atoms with Crippen LogP contribution in [0, 0.1) is 0 Å². The minimum atomic E-state index is -3.52. The van der Waals surface area contributed by atoms with Crippen molar-refractivity contribution in [2.24, 2.45) is 0 Å². The first-order chi connectivity index (χ1) is 9.59. The topological polar surface area (TPSA) is 60.9 Å². The molecule has 1 N–H and O–H groups in total. The summed E-state index contributed by atoms with van der Waals surface area (Å²) < 4.78 is 26.9. The van der Waals surface area contributed by atoms with Gasteiger partial charge in [-0.2, -0.15) is 9.37 Å². The number of hydroxylamine groups is 2. The molecule has 106 valence electrons. The maximum Gasteiger partial charge on any atom is 0.243 e. The zero-order chi connectivity index (χ0) is 14.2. The first kappa shape index (κ1) is 13.5. The van der Waals surface area contributed by atoms with E-state index in [0.29, 0.717) is 31.1 Å². The highest BCUT2D eigenvalue weighted by molar-refractivity contribution is 7.89. The van der Waals surface area contributed by atoms with Gasteiger partial charge in [0.2, 0.25) is 10.0 Å². The summed E-state index contributed by atoms with van der Waals surface area (Å²) in [6, 6.07) is 12.8. The van der Waals surface area contributed by atoms with Crippen molar-refractivity contribution < 1.29 is 13.6 Å². The molecule has 3 rings (SSSR count). The van der Waals surface area contributed by atoms with Gasteiger partial charge < -0.3 is 5.21 Å². The van der Waals surface area contributed by atoms with Crippen LogP contribution < -0.4 is 0 Å². The van der Waals surface area contributed by atoms with Gasteiger partial charge in [-0.1, -0.05) is 36.4 Å². The van der Waals surface area contributed by atoms with Crippen molar-refractivity contribution in [3.8, 4) is 0 Å². The van der Waals surface area contributed by atoms with Gasteiger partial charge in [-0.15, -0.1) is 0 Å². The molecule has 1 aliphatic rings. The van der Waals surface area contributed by atoms with Gasteiger partial charge in [0.15, 0.2) is 0 Å². The first-order valence-electron chi connectivity index (χ1n) is 6.51. The lowest BCUT2D eigenvalue weighted by Gasteiger charge is -2.30. The molecule has 0 atom stereocenters. The van der Waals surface area contributed by atoms with Crippen molar-refractivity contribution in [2.45, 2.75) is 4.90 Å². The number of piperazine rings is 1. The molecule has 2 aromatic carbocycles.